The molecule has 1 aliphatic carbocycles. The molecular weight excluding hydrogens is 308 g/mol. The number of sulfonamides is 1. The summed E-state index contributed by atoms with van der Waals surface area (Å²) in [6.45, 7) is 2.47. The molecule has 0 bridgehead atoms. The third-order valence-electron chi connectivity index (χ3n) is 3.72. The number of nitrogens with zero attached hydrogens (tertiary/aromatic N) is 2. The van der Waals surface area contributed by atoms with E-state index >= 15 is 0 Å². The van der Waals surface area contributed by atoms with Gasteiger partial charge in [0.1, 0.15) is 4.90 Å². The van der Waals surface area contributed by atoms with Gasteiger partial charge in [0.15, 0.2) is 5.82 Å². The Labute approximate surface area is 128 Å². The van der Waals surface area contributed by atoms with Gasteiger partial charge in [-0.15, -0.1) is 11.3 Å². The number of thiophene rings is 1. The molecule has 2 aromatic rings. The topological polar surface area (TPSA) is 90.0 Å². The fourth-order valence-corrected chi connectivity index (χ4v) is 4.96. The largest absolute Gasteiger partial charge is 0.381 e. The number of nitrogens with one attached hydrogen (secondary N) is 1. The standard InChI is InChI=1S/C13H18N4O2S2/c1-2-17-8-12(13(14)15-17)21(18,19)16-10-4-3-5-11-9(10)6-7-20-11/h6-8,10,16H,2-5H2,1H3,(H2,14,15). The zero-order chi connectivity index (χ0) is 15.0. The van der Waals surface area contributed by atoms with Crippen LogP contribution >= 0.6 is 11.3 Å². The van der Waals surface area contributed by atoms with Crippen LogP contribution in [0.2, 0.25) is 0 Å². The van der Waals surface area contributed by atoms with Crippen LogP contribution in [0.5, 0.6) is 0 Å². The fraction of sp³-hybridized carbons (Fsp3) is 0.462. The summed E-state index contributed by atoms with van der Waals surface area (Å²) >= 11 is 1.69. The van der Waals surface area contributed by atoms with E-state index in [0.29, 0.717) is 6.54 Å². The van der Waals surface area contributed by atoms with Crippen molar-refractivity contribution in [3.05, 3.63) is 28.1 Å². The van der Waals surface area contributed by atoms with E-state index < -0.39 is 10.0 Å². The number of hydrogen-bond acceptors (Lipinski definition) is 5. The van der Waals surface area contributed by atoms with Crippen molar-refractivity contribution in [3.63, 3.8) is 0 Å². The van der Waals surface area contributed by atoms with Crippen molar-refractivity contribution in [1.29, 1.82) is 0 Å². The number of aromatic nitrogens is 2. The van der Waals surface area contributed by atoms with E-state index in [-0.39, 0.29) is 16.8 Å². The van der Waals surface area contributed by atoms with Gasteiger partial charge >= 0.3 is 0 Å². The van der Waals surface area contributed by atoms with Crippen LogP contribution < -0.4 is 10.5 Å². The number of anilines is 1. The van der Waals surface area contributed by atoms with Crippen molar-refractivity contribution in [1.82, 2.24) is 14.5 Å². The number of hydrogen-bond donors (Lipinski definition) is 2. The Balaban J connectivity index is 1.89. The van der Waals surface area contributed by atoms with E-state index in [4.69, 9.17) is 5.73 Å². The van der Waals surface area contributed by atoms with Gasteiger partial charge in [-0.25, -0.2) is 13.1 Å². The number of rotatable bonds is 4. The molecule has 3 N–H and O–H groups in total. The Morgan fingerprint density at radius 3 is 3.10 bits per heavy atom. The number of aryl methyl sites for hydroxylation is 2. The van der Waals surface area contributed by atoms with Gasteiger partial charge in [0.25, 0.3) is 0 Å². The second-order valence-corrected chi connectivity index (χ2v) is 7.78. The molecule has 0 radical (unpaired) electrons. The zero-order valence-electron chi connectivity index (χ0n) is 11.7. The van der Waals surface area contributed by atoms with E-state index in [2.05, 4.69) is 9.82 Å². The summed E-state index contributed by atoms with van der Waals surface area (Å²) in [5.74, 6) is 0.0469. The lowest BCUT2D eigenvalue weighted by molar-refractivity contribution is 0.511. The molecule has 1 aliphatic rings. The van der Waals surface area contributed by atoms with E-state index in [1.54, 1.807) is 11.3 Å². The maximum absolute atomic E-state index is 12.5. The maximum Gasteiger partial charge on any atom is 0.246 e. The molecule has 21 heavy (non-hydrogen) atoms. The van der Waals surface area contributed by atoms with Crippen molar-refractivity contribution < 1.29 is 8.42 Å². The summed E-state index contributed by atoms with van der Waals surface area (Å²) in [5, 5.41) is 6.01. The van der Waals surface area contributed by atoms with Crippen molar-refractivity contribution >= 4 is 27.2 Å². The average molecular weight is 326 g/mol. The highest BCUT2D eigenvalue weighted by Gasteiger charge is 2.28. The Morgan fingerprint density at radius 2 is 2.38 bits per heavy atom. The van der Waals surface area contributed by atoms with Gasteiger partial charge in [0.05, 0.1) is 0 Å². The first-order chi connectivity index (χ1) is 10.0. The minimum Gasteiger partial charge on any atom is -0.381 e. The lowest BCUT2D eigenvalue weighted by Crippen LogP contribution is -2.30. The molecule has 0 amide bonds. The number of nitrogen functional groups attached to an aromatic ring is 1. The lowest BCUT2D eigenvalue weighted by atomic mass is 9.95. The quantitative estimate of drug-likeness (QED) is 0.898. The van der Waals surface area contributed by atoms with Gasteiger partial charge in [-0.05, 0) is 43.2 Å². The molecule has 2 heterocycles. The Bertz CT molecular complexity index is 748. The first kappa shape index (κ1) is 14.6. The van der Waals surface area contributed by atoms with Crippen molar-refractivity contribution in [2.45, 2.75) is 43.7 Å². The molecule has 114 valence electrons. The molecule has 1 atom stereocenters. The van der Waals surface area contributed by atoms with Crippen LogP contribution in [0.15, 0.2) is 22.5 Å². The minimum atomic E-state index is -3.65. The number of fused-ring (bicyclic) bond motifs is 1. The fourth-order valence-electron chi connectivity index (χ4n) is 2.65. The predicted octanol–water partition coefficient (Wildman–Crippen LogP) is 1.90. The van der Waals surface area contributed by atoms with Crippen LogP contribution in [-0.2, 0) is 23.0 Å². The van der Waals surface area contributed by atoms with E-state index in [1.165, 1.54) is 15.8 Å². The number of nitrogens with two attached hydrogens (primary N) is 1. The Kier molecular flexibility index (Phi) is 3.76. The predicted molar refractivity (Wildman–Crippen MR) is 82.6 cm³/mol. The third kappa shape index (κ3) is 2.70. The van der Waals surface area contributed by atoms with Crippen molar-refractivity contribution in [3.8, 4) is 0 Å². The zero-order valence-corrected chi connectivity index (χ0v) is 13.4. The summed E-state index contributed by atoms with van der Waals surface area (Å²) in [6, 6.07) is 1.83. The summed E-state index contributed by atoms with van der Waals surface area (Å²) in [5.41, 5.74) is 6.83. The van der Waals surface area contributed by atoms with Crippen molar-refractivity contribution in [2.24, 2.45) is 0 Å². The maximum atomic E-state index is 12.5. The highest BCUT2D eigenvalue weighted by molar-refractivity contribution is 7.89. The molecule has 0 aromatic carbocycles. The second kappa shape index (κ2) is 5.43. The van der Waals surface area contributed by atoms with Crippen LogP contribution in [-0.4, -0.2) is 18.2 Å². The normalized spacial score (nSPS) is 18.6. The first-order valence-electron chi connectivity index (χ1n) is 6.93. The summed E-state index contributed by atoms with van der Waals surface area (Å²) in [6.07, 6.45) is 4.31. The van der Waals surface area contributed by atoms with Gasteiger partial charge < -0.3 is 5.73 Å². The van der Waals surface area contributed by atoms with E-state index in [9.17, 15) is 8.42 Å². The molecule has 0 saturated carbocycles. The van der Waals surface area contributed by atoms with Gasteiger partial charge in [0, 0.05) is 23.7 Å². The molecule has 1 unspecified atom stereocenters. The molecule has 8 heteroatoms. The molecular formula is C13H18N4O2S2. The minimum absolute atomic E-state index is 0.0469. The Morgan fingerprint density at radius 1 is 1.57 bits per heavy atom. The molecule has 6 nitrogen and oxygen atoms in total. The SMILES string of the molecule is CCn1cc(S(=O)(=O)NC2CCCc3sccc32)c(N)n1. The molecule has 0 saturated heterocycles. The molecule has 0 fully saturated rings. The summed E-state index contributed by atoms with van der Waals surface area (Å²) < 4.78 is 29.4. The first-order valence-corrected chi connectivity index (χ1v) is 9.29. The van der Waals surface area contributed by atoms with E-state index in [0.717, 1.165) is 24.8 Å². The smallest absolute Gasteiger partial charge is 0.246 e. The molecule has 0 spiro atoms. The average Bonchev–Trinajstić information content (AvgIpc) is 3.05. The summed E-state index contributed by atoms with van der Waals surface area (Å²) in [7, 11) is -3.65. The summed E-state index contributed by atoms with van der Waals surface area (Å²) in [4.78, 5) is 1.33. The van der Waals surface area contributed by atoms with Crippen LogP contribution in [0, 0.1) is 0 Å². The van der Waals surface area contributed by atoms with Crippen molar-refractivity contribution in [2.75, 3.05) is 5.73 Å². The molecule has 2 aromatic heterocycles. The van der Waals surface area contributed by atoms with Gasteiger partial charge in [-0.3, -0.25) is 4.68 Å². The van der Waals surface area contributed by atoms with Crippen LogP contribution in [0.3, 0.4) is 0 Å². The molecule has 3 rings (SSSR count). The van der Waals surface area contributed by atoms with Gasteiger partial charge in [-0.2, -0.15) is 5.10 Å². The van der Waals surface area contributed by atoms with Gasteiger partial charge in [0.2, 0.25) is 10.0 Å². The monoisotopic (exact) mass is 326 g/mol. The highest BCUT2D eigenvalue weighted by atomic mass is 32.2. The highest BCUT2D eigenvalue weighted by Crippen LogP contribution is 2.34. The van der Waals surface area contributed by atoms with Crippen LogP contribution in [0.4, 0.5) is 5.82 Å². The lowest BCUT2D eigenvalue weighted by Gasteiger charge is -2.23. The second-order valence-electron chi connectivity index (χ2n) is 5.10. The van der Waals surface area contributed by atoms with E-state index in [1.807, 2.05) is 18.4 Å². The van der Waals surface area contributed by atoms with Gasteiger partial charge in [-0.1, -0.05) is 0 Å². The molecule has 0 aliphatic heterocycles. The Hall–Kier alpha value is -1.38. The van der Waals surface area contributed by atoms with Crippen LogP contribution in [0.1, 0.15) is 36.2 Å². The third-order valence-corrected chi connectivity index (χ3v) is 6.20. The van der Waals surface area contributed by atoms with Crippen LogP contribution in [0.25, 0.3) is 0 Å².